The standard InChI is InChI=1S/C33H42O9/c1-20-15-16-32(6,7)28(37)18-26(39-22(3)34)13-14-27-30(41-29(38)17-25-11-9-8-10-12-25)21(2)19-33(27,42-24(5)36)31(20)40-23(4)35/h8-16,20-21,26-27,30-31H,17-19H2,1-7H3. The van der Waals surface area contributed by atoms with E-state index in [-0.39, 0.29) is 31.0 Å². The molecule has 9 heteroatoms. The van der Waals surface area contributed by atoms with E-state index in [1.807, 2.05) is 44.2 Å². The van der Waals surface area contributed by atoms with Gasteiger partial charge in [-0.15, -0.1) is 0 Å². The molecule has 1 aromatic rings. The van der Waals surface area contributed by atoms with Crippen LogP contribution in [0.5, 0.6) is 0 Å². The highest BCUT2D eigenvalue weighted by molar-refractivity contribution is 5.86. The van der Waals surface area contributed by atoms with E-state index in [1.54, 1.807) is 38.2 Å². The first-order valence-electron chi connectivity index (χ1n) is 14.3. The fraction of sp³-hybridized carbons (Fsp3) is 0.545. The van der Waals surface area contributed by atoms with Gasteiger partial charge in [0, 0.05) is 38.5 Å². The summed E-state index contributed by atoms with van der Waals surface area (Å²) in [4.78, 5) is 63.5. The molecule has 2 aliphatic carbocycles. The first-order valence-corrected chi connectivity index (χ1v) is 14.3. The predicted octanol–water partition coefficient (Wildman–Crippen LogP) is 4.71. The van der Waals surface area contributed by atoms with Crippen LogP contribution in [0.25, 0.3) is 0 Å². The number of allylic oxidation sites excluding steroid dienone is 1. The van der Waals surface area contributed by atoms with Gasteiger partial charge in [-0.2, -0.15) is 0 Å². The molecule has 0 spiro atoms. The van der Waals surface area contributed by atoms with Crippen molar-refractivity contribution in [1.82, 2.24) is 0 Å². The third-order valence-corrected chi connectivity index (χ3v) is 7.94. The van der Waals surface area contributed by atoms with E-state index >= 15 is 0 Å². The van der Waals surface area contributed by atoms with E-state index in [1.165, 1.54) is 20.8 Å². The maximum atomic E-state index is 13.3. The molecule has 3 rings (SSSR count). The van der Waals surface area contributed by atoms with Crippen LogP contribution in [-0.2, 0) is 49.3 Å². The molecule has 1 saturated carbocycles. The molecule has 228 valence electrons. The molecule has 0 N–H and O–H groups in total. The fourth-order valence-corrected chi connectivity index (χ4v) is 6.02. The lowest BCUT2D eigenvalue weighted by atomic mass is 9.76. The first kappa shape index (κ1) is 32.8. The summed E-state index contributed by atoms with van der Waals surface area (Å²) >= 11 is 0. The van der Waals surface area contributed by atoms with Crippen LogP contribution in [0.3, 0.4) is 0 Å². The minimum atomic E-state index is -1.43. The first-order chi connectivity index (χ1) is 19.6. The zero-order chi connectivity index (χ0) is 31.2. The molecule has 0 aromatic heterocycles. The van der Waals surface area contributed by atoms with Crippen molar-refractivity contribution in [2.75, 3.05) is 0 Å². The van der Waals surface area contributed by atoms with Gasteiger partial charge in [0.1, 0.15) is 24.1 Å². The average Bonchev–Trinajstić information content (AvgIpc) is 3.13. The Morgan fingerprint density at radius 3 is 2.10 bits per heavy atom. The number of carbonyl (C=O) groups is 5. The molecular weight excluding hydrogens is 540 g/mol. The van der Waals surface area contributed by atoms with Gasteiger partial charge in [-0.1, -0.05) is 62.4 Å². The van der Waals surface area contributed by atoms with Gasteiger partial charge in [0.05, 0.1) is 12.3 Å². The van der Waals surface area contributed by atoms with Crippen molar-refractivity contribution in [2.45, 2.75) is 91.6 Å². The van der Waals surface area contributed by atoms with Crippen LogP contribution in [0.4, 0.5) is 0 Å². The van der Waals surface area contributed by atoms with Crippen LogP contribution in [0.15, 0.2) is 54.6 Å². The van der Waals surface area contributed by atoms with E-state index < -0.39 is 65.0 Å². The van der Waals surface area contributed by atoms with Gasteiger partial charge < -0.3 is 18.9 Å². The molecule has 0 heterocycles. The monoisotopic (exact) mass is 582 g/mol. The van der Waals surface area contributed by atoms with Gasteiger partial charge in [-0.3, -0.25) is 24.0 Å². The highest BCUT2D eigenvalue weighted by atomic mass is 16.6. The molecule has 9 nitrogen and oxygen atoms in total. The predicted molar refractivity (Wildman–Crippen MR) is 154 cm³/mol. The second-order valence-corrected chi connectivity index (χ2v) is 12.0. The Morgan fingerprint density at radius 1 is 0.857 bits per heavy atom. The van der Waals surface area contributed by atoms with Crippen molar-refractivity contribution in [1.29, 1.82) is 0 Å². The van der Waals surface area contributed by atoms with Crippen LogP contribution in [0.1, 0.15) is 66.9 Å². The van der Waals surface area contributed by atoms with E-state index in [0.29, 0.717) is 0 Å². The van der Waals surface area contributed by atoms with Crippen LogP contribution >= 0.6 is 0 Å². The molecule has 1 aromatic carbocycles. The molecule has 0 radical (unpaired) electrons. The zero-order valence-corrected chi connectivity index (χ0v) is 25.5. The molecule has 42 heavy (non-hydrogen) atoms. The third-order valence-electron chi connectivity index (χ3n) is 7.94. The van der Waals surface area contributed by atoms with Gasteiger partial charge in [0.15, 0.2) is 5.60 Å². The van der Waals surface area contributed by atoms with E-state index in [2.05, 4.69) is 0 Å². The number of hydrogen-bond acceptors (Lipinski definition) is 9. The van der Waals surface area contributed by atoms with Crippen molar-refractivity contribution in [3.63, 3.8) is 0 Å². The Morgan fingerprint density at radius 2 is 1.50 bits per heavy atom. The molecule has 0 aliphatic heterocycles. The quantitative estimate of drug-likeness (QED) is 0.267. The molecule has 7 unspecified atom stereocenters. The fourth-order valence-electron chi connectivity index (χ4n) is 6.02. The number of esters is 4. The Kier molecular flexibility index (Phi) is 10.5. The summed E-state index contributed by atoms with van der Waals surface area (Å²) in [5, 5.41) is 0. The Bertz CT molecular complexity index is 1230. The number of fused-ring (bicyclic) bond motifs is 1. The lowest BCUT2D eigenvalue weighted by molar-refractivity contribution is -0.196. The van der Waals surface area contributed by atoms with Crippen molar-refractivity contribution in [2.24, 2.45) is 23.2 Å². The number of hydrogen-bond donors (Lipinski definition) is 0. The minimum absolute atomic E-state index is 0.0350. The topological polar surface area (TPSA) is 122 Å². The summed E-state index contributed by atoms with van der Waals surface area (Å²) < 4.78 is 23.6. The number of ether oxygens (including phenoxy) is 4. The van der Waals surface area contributed by atoms with E-state index in [9.17, 15) is 24.0 Å². The lowest BCUT2D eigenvalue weighted by Crippen LogP contribution is -2.54. The third kappa shape index (κ3) is 7.95. The largest absolute Gasteiger partial charge is 0.461 e. The summed E-state index contributed by atoms with van der Waals surface area (Å²) in [5.74, 6) is -3.98. The van der Waals surface area contributed by atoms with Crippen LogP contribution < -0.4 is 0 Å². The zero-order valence-electron chi connectivity index (χ0n) is 25.5. The van der Waals surface area contributed by atoms with E-state index in [4.69, 9.17) is 18.9 Å². The molecule has 0 amide bonds. The van der Waals surface area contributed by atoms with Gasteiger partial charge in [0.2, 0.25) is 0 Å². The van der Waals surface area contributed by atoms with Crippen LogP contribution in [0.2, 0.25) is 0 Å². The normalized spacial score (nSPS) is 30.7. The summed E-state index contributed by atoms with van der Waals surface area (Å²) in [5.41, 5.74) is -1.57. The van der Waals surface area contributed by atoms with E-state index in [0.717, 1.165) is 5.56 Å². The minimum Gasteiger partial charge on any atom is -0.461 e. The molecule has 2 aliphatic rings. The highest BCUT2D eigenvalue weighted by Crippen LogP contribution is 2.50. The number of Topliss-reactive ketones (excluding diaryl/α,β-unsaturated/α-hetero) is 1. The van der Waals surface area contributed by atoms with Crippen molar-refractivity contribution in [3.8, 4) is 0 Å². The average molecular weight is 583 g/mol. The molecular formula is C33H42O9. The summed E-state index contributed by atoms with van der Waals surface area (Å²) in [6.45, 7) is 11.0. The molecule has 1 fully saturated rings. The summed E-state index contributed by atoms with van der Waals surface area (Å²) in [6.07, 6.45) is 4.26. The Balaban J connectivity index is 2.18. The Labute approximate surface area is 247 Å². The summed E-state index contributed by atoms with van der Waals surface area (Å²) in [6, 6.07) is 9.17. The molecule has 0 saturated heterocycles. The second kappa shape index (κ2) is 13.5. The van der Waals surface area contributed by atoms with Gasteiger partial charge >= 0.3 is 23.9 Å². The van der Waals surface area contributed by atoms with Crippen LogP contribution in [-0.4, -0.2) is 53.6 Å². The van der Waals surface area contributed by atoms with Gasteiger partial charge in [0.25, 0.3) is 0 Å². The SMILES string of the molecule is CC(=O)OC1C=CC2C(OC(=O)Cc3ccccc3)C(C)CC2(OC(C)=O)C(OC(C)=O)C(C)C=CC(C)(C)C(=O)C1. The number of rotatable bonds is 6. The number of carbonyl (C=O) groups excluding carboxylic acids is 5. The molecule has 0 bridgehead atoms. The van der Waals surface area contributed by atoms with Gasteiger partial charge in [-0.05, 0) is 37.8 Å². The second-order valence-electron chi connectivity index (χ2n) is 12.0. The Hall–Kier alpha value is -3.75. The number of benzene rings is 1. The highest BCUT2D eigenvalue weighted by Gasteiger charge is 2.61. The van der Waals surface area contributed by atoms with Crippen molar-refractivity contribution in [3.05, 3.63) is 60.2 Å². The maximum Gasteiger partial charge on any atom is 0.310 e. The van der Waals surface area contributed by atoms with Crippen LogP contribution in [0, 0.1) is 23.2 Å². The summed E-state index contributed by atoms with van der Waals surface area (Å²) in [7, 11) is 0. The molecule has 7 atom stereocenters. The van der Waals surface area contributed by atoms with Crippen molar-refractivity contribution >= 4 is 29.7 Å². The van der Waals surface area contributed by atoms with Gasteiger partial charge in [-0.25, -0.2) is 0 Å². The number of ketones is 1. The smallest absolute Gasteiger partial charge is 0.310 e. The lowest BCUT2D eigenvalue weighted by Gasteiger charge is -2.42. The van der Waals surface area contributed by atoms with Crippen molar-refractivity contribution < 1.29 is 42.9 Å². The maximum absolute atomic E-state index is 13.3.